The molecule has 16 heavy (non-hydrogen) atoms. The molecule has 0 heterocycles. The maximum Gasteiger partial charge on any atom is 0.213 e. The lowest BCUT2D eigenvalue weighted by Gasteiger charge is -2.12. The van der Waals surface area contributed by atoms with E-state index < -0.39 is 10.0 Å². The van der Waals surface area contributed by atoms with Crippen LogP contribution in [0.3, 0.4) is 0 Å². The van der Waals surface area contributed by atoms with Gasteiger partial charge >= 0.3 is 0 Å². The quantitative estimate of drug-likeness (QED) is 0.621. The molecule has 0 saturated carbocycles. The van der Waals surface area contributed by atoms with E-state index in [0.717, 1.165) is 0 Å². The van der Waals surface area contributed by atoms with E-state index in [0.29, 0.717) is 13.0 Å². The molecule has 6 heteroatoms. The summed E-state index contributed by atoms with van der Waals surface area (Å²) in [5.74, 6) is 0.127. The van der Waals surface area contributed by atoms with Crippen LogP contribution in [0.2, 0.25) is 0 Å². The molecule has 0 radical (unpaired) electrons. The minimum absolute atomic E-state index is 0.0168. The summed E-state index contributed by atoms with van der Waals surface area (Å²) in [6, 6.07) is 0. The van der Waals surface area contributed by atoms with Gasteiger partial charge in [0.25, 0.3) is 0 Å². The first-order valence-electron chi connectivity index (χ1n) is 5.57. The molecule has 0 rings (SSSR count). The Hall–Kier alpha value is -0.170. The standard InChI is InChI=1S/C10H23NO4S/c1-9(2)15-6-7-16(13,14)11-8-10(3)4-5-12/h9-12H,4-8H2,1-3H3. The Bertz CT molecular complexity index is 264. The summed E-state index contributed by atoms with van der Waals surface area (Å²) in [6.07, 6.45) is 0.647. The molecule has 0 aromatic carbocycles. The molecule has 98 valence electrons. The monoisotopic (exact) mass is 253 g/mol. The fourth-order valence-corrected chi connectivity index (χ4v) is 2.06. The van der Waals surface area contributed by atoms with Gasteiger partial charge in [-0.15, -0.1) is 0 Å². The van der Waals surface area contributed by atoms with Gasteiger partial charge in [-0.2, -0.15) is 0 Å². The normalized spacial score (nSPS) is 14.3. The van der Waals surface area contributed by atoms with Crippen LogP contribution >= 0.6 is 0 Å². The summed E-state index contributed by atoms with van der Waals surface area (Å²) < 4.78 is 30.6. The highest BCUT2D eigenvalue weighted by Crippen LogP contribution is 1.99. The molecule has 0 spiro atoms. The largest absolute Gasteiger partial charge is 0.396 e. The number of aliphatic hydroxyl groups excluding tert-OH is 1. The van der Waals surface area contributed by atoms with Crippen LogP contribution in [-0.2, 0) is 14.8 Å². The summed E-state index contributed by atoms with van der Waals surface area (Å²) >= 11 is 0. The zero-order valence-electron chi connectivity index (χ0n) is 10.3. The van der Waals surface area contributed by atoms with Crippen LogP contribution in [0.1, 0.15) is 27.2 Å². The molecule has 0 bridgehead atoms. The van der Waals surface area contributed by atoms with Crippen molar-refractivity contribution in [3.8, 4) is 0 Å². The first-order valence-corrected chi connectivity index (χ1v) is 7.22. The minimum atomic E-state index is -3.25. The molecule has 0 aliphatic heterocycles. The van der Waals surface area contributed by atoms with Crippen molar-refractivity contribution in [1.82, 2.24) is 4.72 Å². The van der Waals surface area contributed by atoms with E-state index in [1.54, 1.807) is 0 Å². The van der Waals surface area contributed by atoms with Crippen LogP contribution in [0.4, 0.5) is 0 Å². The first-order chi connectivity index (χ1) is 7.37. The van der Waals surface area contributed by atoms with Crippen molar-refractivity contribution < 1.29 is 18.3 Å². The second-order valence-corrected chi connectivity index (χ2v) is 6.13. The summed E-state index contributed by atoms with van der Waals surface area (Å²) in [4.78, 5) is 0. The molecular weight excluding hydrogens is 230 g/mol. The van der Waals surface area contributed by atoms with Crippen molar-refractivity contribution in [3.63, 3.8) is 0 Å². The number of hydrogen-bond acceptors (Lipinski definition) is 4. The predicted molar refractivity (Wildman–Crippen MR) is 63.7 cm³/mol. The third kappa shape index (κ3) is 9.08. The van der Waals surface area contributed by atoms with Crippen molar-refractivity contribution in [2.75, 3.05) is 25.5 Å². The lowest BCUT2D eigenvalue weighted by molar-refractivity contribution is 0.0911. The second-order valence-electron chi connectivity index (χ2n) is 4.20. The van der Waals surface area contributed by atoms with Gasteiger partial charge in [0.1, 0.15) is 0 Å². The number of nitrogens with one attached hydrogen (secondary N) is 1. The van der Waals surface area contributed by atoms with Crippen molar-refractivity contribution >= 4 is 10.0 Å². The first kappa shape index (κ1) is 15.8. The van der Waals surface area contributed by atoms with Crippen molar-refractivity contribution in [2.45, 2.75) is 33.3 Å². The van der Waals surface area contributed by atoms with E-state index in [1.165, 1.54) is 0 Å². The summed E-state index contributed by atoms with van der Waals surface area (Å²) in [5.41, 5.74) is 0. The van der Waals surface area contributed by atoms with Crippen molar-refractivity contribution in [2.24, 2.45) is 5.92 Å². The number of ether oxygens (including phenoxy) is 1. The van der Waals surface area contributed by atoms with Crippen molar-refractivity contribution in [1.29, 1.82) is 0 Å². The van der Waals surface area contributed by atoms with E-state index in [9.17, 15) is 8.42 Å². The summed E-state index contributed by atoms with van der Waals surface area (Å²) in [5, 5.41) is 8.67. The van der Waals surface area contributed by atoms with Gasteiger partial charge in [0, 0.05) is 13.2 Å². The molecule has 1 atom stereocenters. The molecule has 1 unspecified atom stereocenters. The topological polar surface area (TPSA) is 75.6 Å². The molecule has 0 fully saturated rings. The van der Waals surface area contributed by atoms with Crippen LogP contribution in [-0.4, -0.2) is 45.1 Å². The number of rotatable bonds is 9. The van der Waals surface area contributed by atoms with Gasteiger partial charge in [-0.1, -0.05) is 6.92 Å². The van der Waals surface area contributed by atoms with E-state index in [4.69, 9.17) is 9.84 Å². The van der Waals surface area contributed by atoms with Gasteiger partial charge in [-0.25, -0.2) is 13.1 Å². The van der Waals surface area contributed by atoms with Crippen LogP contribution in [0, 0.1) is 5.92 Å². The third-order valence-corrected chi connectivity index (χ3v) is 3.39. The second kappa shape index (κ2) is 8.00. The van der Waals surface area contributed by atoms with Crippen LogP contribution in [0.5, 0.6) is 0 Å². The van der Waals surface area contributed by atoms with Gasteiger partial charge < -0.3 is 9.84 Å². The molecule has 2 N–H and O–H groups in total. The summed E-state index contributed by atoms with van der Waals surface area (Å²) in [6.45, 7) is 6.28. The van der Waals surface area contributed by atoms with Crippen LogP contribution in [0.15, 0.2) is 0 Å². The van der Waals surface area contributed by atoms with Crippen LogP contribution in [0.25, 0.3) is 0 Å². The van der Waals surface area contributed by atoms with E-state index in [1.807, 2.05) is 20.8 Å². The van der Waals surface area contributed by atoms with Gasteiger partial charge in [0.2, 0.25) is 10.0 Å². The fourth-order valence-electron chi connectivity index (χ4n) is 1.06. The van der Waals surface area contributed by atoms with Crippen molar-refractivity contribution in [3.05, 3.63) is 0 Å². The molecule has 0 aromatic rings. The zero-order valence-corrected chi connectivity index (χ0v) is 11.1. The average molecular weight is 253 g/mol. The molecule has 0 aliphatic carbocycles. The lowest BCUT2D eigenvalue weighted by atomic mass is 10.1. The highest BCUT2D eigenvalue weighted by atomic mass is 32.2. The van der Waals surface area contributed by atoms with E-state index in [-0.39, 0.29) is 31.0 Å². The van der Waals surface area contributed by atoms with Gasteiger partial charge in [-0.3, -0.25) is 0 Å². The molecular formula is C10H23NO4S. The van der Waals surface area contributed by atoms with Crippen LogP contribution < -0.4 is 4.72 Å². The Morgan fingerprint density at radius 2 is 1.94 bits per heavy atom. The Balaban J connectivity index is 3.78. The average Bonchev–Trinajstić information content (AvgIpc) is 2.14. The van der Waals surface area contributed by atoms with E-state index >= 15 is 0 Å². The molecule has 0 saturated heterocycles. The lowest BCUT2D eigenvalue weighted by Crippen LogP contribution is -2.32. The zero-order chi connectivity index (χ0) is 12.6. The van der Waals surface area contributed by atoms with E-state index in [2.05, 4.69) is 4.72 Å². The fraction of sp³-hybridized carbons (Fsp3) is 1.00. The smallest absolute Gasteiger partial charge is 0.213 e. The number of hydrogen-bond donors (Lipinski definition) is 2. The summed E-state index contributed by atoms with van der Waals surface area (Å²) in [7, 11) is -3.25. The SMILES string of the molecule is CC(CCO)CNS(=O)(=O)CCOC(C)C. The molecule has 5 nitrogen and oxygen atoms in total. The molecule has 0 aliphatic rings. The maximum atomic E-state index is 11.5. The molecule has 0 aromatic heterocycles. The third-order valence-electron chi connectivity index (χ3n) is 2.08. The Morgan fingerprint density at radius 3 is 2.44 bits per heavy atom. The highest BCUT2D eigenvalue weighted by Gasteiger charge is 2.12. The Labute approximate surface area is 98.2 Å². The van der Waals surface area contributed by atoms with Gasteiger partial charge in [-0.05, 0) is 26.2 Å². The Morgan fingerprint density at radius 1 is 1.31 bits per heavy atom. The minimum Gasteiger partial charge on any atom is -0.396 e. The van der Waals surface area contributed by atoms with Gasteiger partial charge in [0.15, 0.2) is 0 Å². The van der Waals surface area contributed by atoms with Gasteiger partial charge in [0.05, 0.1) is 18.5 Å². The maximum absolute atomic E-state index is 11.5. The Kier molecular flexibility index (Phi) is 7.91. The predicted octanol–water partition coefficient (Wildman–Crippen LogP) is 0.349. The highest BCUT2D eigenvalue weighted by molar-refractivity contribution is 7.89. The molecule has 0 amide bonds. The number of sulfonamides is 1. The number of aliphatic hydroxyl groups is 1.